The van der Waals surface area contributed by atoms with Gasteiger partial charge in [0.25, 0.3) is 0 Å². The topological polar surface area (TPSA) is 61.3 Å². The second kappa shape index (κ2) is 5.44. The quantitative estimate of drug-likeness (QED) is 0.724. The first-order valence-electron chi connectivity index (χ1n) is 5.18. The molecule has 16 heavy (non-hydrogen) atoms. The van der Waals surface area contributed by atoms with Gasteiger partial charge in [0.2, 0.25) is 5.88 Å². The van der Waals surface area contributed by atoms with Crippen LogP contribution in [0, 0.1) is 13.8 Å². The van der Waals surface area contributed by atoms with E-state index in [2.05, 4.69) is 9.97 Å². The first-order chi connectivity index (χ1) is 7.54. The van der Waals surface area contributed by atoms with Crippen molar-refractivity contribution in [3.8, 4) is 5.88 Å². The second-order valence-corrected chi connectivity index (χ2v) is 3.41. The lowest BCUT2D eigenvalue weighted by molar-refractivity contribution is -0.150. The number of aryl methyl sites for hydroxylation is 2. The molecule has 0 N–H and O–H groups in total. The lowest BCUT2D eigenvalue weighted by atomic mass is 10.4. The van der Waals surface area contributed by atoms with Gasteiger partial charge in [0, 0.05) is 6.20 Å². The molecule has 5 heteroatoms. The van der Waals surface area contributed by atoms with E-state index in [1.165, 1.54) is 0 Å². The van der Waals surface area contributed by atoms with Crippen molar-refractivity contribution in [1.82, 2.24) is 9.97 Å². The average molecular weight is 224 g/mol. The first kappa shape index (κ1) is 12.4. The van der Waals surface area contributed by atoms with E-state index in [0.29, 0.717) is 18.2 Å². The molecule has 1 unspecified atom stereocenters. The highest BCUT2D eigenvalue weighted by atomic mass is 16.6. The molecule has 0 amide bonds. The summed E-state index contributed by atoms with van der Waals surface area (Å²) in [6, 6.07) is 0. The second-order valence-electron chi connectivity index (χ2n) is 3.41. The molecule has 1 atom stereocenters. The van der Waals surface area contributed by atoms with E-state index in [1.54, 1.807) is 27.0 Å². The lowest BCUT2D eigenvalue weighted by Crippen LogP contribution is -2.26. The van der Waals surface area contributed by atoms with Crippen molar-refractivity contribution in [3.63, 3.8) is 0 Å². The third kappa shape index (κ3) is 3.18. The molecular weight excluding hydrogens is 208 g/mol. The van der Waals surface area contributed by atoms with Gasteiger partial charge in [-0.3, -0.25) is 4.98 Å². The Morgan fingerprint density at radius 2 is 2.19 bits per heavy atom. The van der Waals surface area contributed by atoms with Gasteiger partial charge in [-0.05, 0) is 27.7 Å². The van der Waals surface area contributed by atoms with Crippen LogP contribution in [0.5, 0.6) is 5.88 Å². The molecule has 88 valence electrons. The highest BCUT2D eigenvalue weighted by Crippen LogP contribution is 2.13. The Labute approximate surface area is 94.8 Å². The summed E-state index contributed by atoms with van der Waals surface area (Å²) in [6.07, 6.45) is 0.978. The van der Waals surface area contributed by atoms with Crippen LogP contribution in [0.4, 0.5) is 0 Å². The summed E-state index contributed by atoms with van der Waals surface area (Å²) in [5, 5.41) is 0. The summed E-state index contributed by atoms with van der Waals surface area (Å²) in [6.45, 7) is 7.31. The number of esters is 1. The Hall–Kier alpha value is -1.65. The Morgan fingerprint density at radius 3 is 2.81 bits per heavy atom. The molecule has 1 rings (SSSR count). The van der Waals surface area contributed by atoms with Crippen LogP contribution in [-0.2, 0) is 9.53 Å². The fourth-order valence-corrected chi connectivity index (χ4v) is 1.10. The van der Waals surface area contributed by atoms with Gasteiger partial charge in [-0.15, -0.1) is 0 Å². The van der Waals surface area contributed by atoms with Crippen LogP contribution in [-0.4, -0.2) is 28.6 Å². The maximum absolute atomic E-state index is 11.3. The van der Waals surface area contributed by atoms with Gasteiger partial charge in [0.15, 0.2) is 6.10 Å². The summed E-state index contributed by atoms with van der Waals surface area (Å²) in [5.41, 5.74) is 1.40. The van der Waals surface area contributed by atoms with Crippen LogP contribution in [0.25, 0.3) is 0 Å². The number of rotatable bonds is 4. The van der Waals surface area contributed by atoms with Crippen molar-refractivity contribution < 1.29 is 14.3 Å². The normalized spacial score (nSPS) is 12.0. The highest BCUT2D eigenvalue weighted by Gasteiger charge is 2.17. The van der Waals surface area contributed by atoms with Gasteiger partial charge in [0.1, 0.15) is 0 Å². The minimum absolute atomic E-state index is 0.338. The number of carbonyl (C=O) groups is 1. The molecular formula is C11H16N2O3. The number of carbonyl (C=O) groups excluding carboxylic acids is 1. The highest BCUT2D eigenvalue weighted by molar-refractivity contribution is 5.74. The molecule has 1 heterocycles. The van der Waals surface area contributed by atoms with E-state index in [0.717, 1.165) is 5.69 Å². The van der Waals surface area contributed by atoms with E-state index in [9.17, 15) is 4.79 Å². The monoisotopic (exact) mass is 224 g/mol. The Morgan fingerprint density at radius 1 is 1.50 bits per heavy atom. The molecule has 0 radical (unpaired) electrons. The summed E-state index contributed by atoms with van der Waals surface area (Å²) >= 11 is 0. The molecule has 0 aliphatic carbocycles. The average Bonchev–Trinajstić information content (AvgIpc) is 2.23. The summed E-state index contributed by atoms with van der Waals surface area (Å²) in [7, 11) is 0. The van der Waals surface area contributed by atoms with Crippen molar-refractivity contribution in [3.05, 3.63) is 17.6 Å². The van der Waals surface area contributed by atoms with E-state index in [1.807, 2.05) is 6.92 Å². The van der Waals surface area contributed by atoms with Crippen molar-refractivity contribution >= 4 is 5.97 Å². The van der Waals surface area contributed by atoms with Crippen LogP contribution in [0.1, 0.15) is 25.2 Å². The van der Waals surface area contributed by atoms with Crippen molar-refractivity contribution in [2.24, 2.45) is 0 Å². The summed E-state index contributed by atoms with van der Waals surface area (Å²) in [5.74, 6) is -0.0224. The maximum Gasteiger partial charge on any atom is 0.347 e. The third-order valence-electron chi connectivity index (χ3n) is 1.94. The molecule has 0 bridgehead atoms. The van der Waals surface area contributed by atoms with Crippen LogP contribution in [0.2, 0.25) is 0 Å². The summed E-state index contributed by atoms with van der Waals surface area (Å²) in [4.78, 5) is 19.6. The smallest absolute Gasteiger partial charge is 0.347 e. The summed E-state index contributed by atoms with van der Waals surface area (Å²) < 4.78 is 10.2. The number of aromatic nitrogens is 2. The zero-order chi connectivity index (χ0) is 12.1. The van der Waals surface area contributed by atoms with E-state index in [-0.39, 0.29) is 0 Å². The molecule has 5 nitrogen and oxygen atoms in total. The fraction of sp³-hybridized carbons (Fsp3) is 0.545. The largest absolute Gasteiger partial charge is 0.463 e. The number of ether oxygens (including phenoxy) is 2. The van der Waals surface area contributed by atoms with Crippen LogP contribution in [0.3, 0.4) is 0 Å². The Kier molecular flexibility index (Phi) is 4.22. The van der Waals surface area contributed by atoms with E-state index >= 15 is 0 Å². The standard InChI is InChI=1S/C11H16N2O3/c1-5-15-11(14)9(4)16-10-8(3)12-6-7(2)13-10/h6,9H,5H2,1-4H3. The van der Waals surface area contributed by atoms with Gasteiger partial charge in [-0.25, -0.2) is 9.78 Å². The molecule has 0 aliphatic heterocycles. The van der Waals surface area contributed by atoms with Gasteiger partial charge in [-0.1, -0.05) is 0 Å². The van der Waals surface area contributed by atoms with Crippen LogP contribution in [0.15, 0.2) is 6.20 Å². The molecule has 0 spiro atoms. The number of nitrogens with zero attached hydrogens (tertiary/aromatic N) is 2. The van der Waals surface area contributed by atoms with Gasteiger partial charge >= 0.3 is 5.97 Å². The first-order valence-corrected chi connectivity index (χ1v) is 5.18. The molecule has 1 aromatic rings. The van der Waals surface area contributed by atoms with Gasteiger partial charge in [0.05, 0.1) is 18.0 Å². The number of hydrogen-bond donors (Lipinski definition) is 0. The molecule has 0 saturated heterocycles. The minimum atomic E-state index is -0.672. The van der Waals surface area contributed by atoms with Crippen LogP contribution >= 0.6 is 0 Å². The van der Waals surface area contributed by atoms with E-state index in [4.69, 9.17) is 9.47 Å². The predicted molar refractivity (Wildman–Crippen MR) is 58.2 cm³/mol. The molecule has 0 saturated carbocycles. The molecule has 0 fully saturated rings. The van der Waals surface area contributed by atoms with E-state index < -0.39 is 12.1 Å². The Balaban J connectivity index is 2.72. The van der Waals surface area contributed by atoms with Crippen molar-refractivity contribution in [2.75, 3.05) is 6.61 Å². The predicted octanol–water partition coefficient (Wildman–Crippen LogP) is 1.42. The Bertz CT molecular complexity index is 379. The van der Waals surface area contributed by atoms with Gasteiger partial charge in [-0.2, -0.15) is 0 Å². The maximum atomic E-state index is 11.3. The zero-order valence-corrected chi connectivity index (χ0v) is 9.98. The van der Waals surface area contributed by atoms with Crippen molar-refractivity contribution in [1.29, 1.82) is 0 Å². The minimum Gasteiger partial charge on any atom is -0.463 e. The lowest BCUT2D eigenvalue weighted by Gasteiger charge is -2.13. The molecule has 0 aliphatic rings. The fourth-order valence-electron chi connectivity index (χ4n) is 1.10. The number of hydrogen-bond acceptors (Lipinski definition) is 5. The molecule has 1 aromatic heterocycles. The van der Waals surface area contributed by atoms with Gasteiger partial charge < -0.3 is 9.47 Å². The van der Waals surface area contributed by atoms with Crippen LogP contribution < -0.4 is 4.74 Å². The van der Waals surface area contributed by atoms with Crippen molar-refractivity contribution in [2.45, 2.75) is 33.8 Å². The third-order valence-corrected chi connectivity index (χ3v) is 1.94. The molecule has 0 aromatic carbocycles. The zero-order valence-electron chi connectivity index (χ0n) is 9.98. The SMILES string of the molecule is CCOC(=O)C(C)Oc1nc(C)cnc1C.